The summed E-state index contributed by atoms with van der Waals surface area (Å²) in [6, 6.07) is 8.43. The first-order valence-corrected chi connectivity index (χ1v) is 11.6. The summed E-state index contributed by atoms with van der Waals surface area (Å²) in [4.78, 5) is 54.5. The zero-order chi connectivity index (χ0) is 25.4. The van der Waals surface area contributed by atoms with Crippen molar-refractivity contribution in [1.29, 1.82) is 0 Å². The fourth-order valence-corrected chi connectivity index (χ4v) is 4.82. The maximum absolute atomic E-state index is 12.9. The highest BCUT2D eigenvalue weighted by Crippen LogP contribution is 2.21. The van der Waals surface area contributed by atoms with E-state index in [-0.39, 0.29) is 31.1 Å². The summed E-state index contributed by atoms with van der Waals surface area (Å²) in [6.07, 6.45) is 0.881. The molecule has 0 bridgehead atoms. The van der Waals surface area contributed by atoms with E-state index >= 15 is 0 Å². The number of carbonyl (C=O) groups is 2. The largest absolute Gasteiger partial charge is 0.480 e. The molecule has 1 aliphatic heterocycles. The average Bonchev–Trinajstić information content (AvgIpc) is 3.33. The third-order valence-electron chi connectivity index (χ3n) is 6.68. The van der Waals surface area contributed by atoms with Gasteiger partial charge in [-0.25, -0.2) is 14.4 Å². The normalized spacial score (nSPS) is 15.3. The van der Waals surface area contributed by atoms with Crippen LogP contribution in [0.25, 0.3) is 21.9 Å². The van der Waals surface area contributed by atoms with Gasteiger partial charge in [0.2, 0.25) is 0 Å². The van der Waals surface area contributed by atoms with Gasteiger partial charge < -0.3 is 20.3 Å². The van der Waals surface area contributed by atoms with Gasteiger partial charge in [0.1, 0.15) is 11.6 Å². The lowest BCUT2D eigenvalue weighted by Gasteiger charge is -2.33. The summed E-state index contributed by atoms with van der Waals surface area (Å²) in [6.45, 7) is 2.44. The van der Waals surface area contributed by atoms with Gasteiger partial charge in [-0.3, -0.25) is 14.5 Å². The van der Waals surface area contributed by atoms with Crippen LogP contribution in [0.15, 0.2) is 46.0 Å². The fraction of sp³-hybridized carbons (Fsp3) is 0.333. The number of carboxylic acid groups (broad SMARTS) is 1. The minimum Gasteiger partial charge on any atom is -0.480 e. The van der Waals surface area contributed by atoms with Gasteiger partial charge >= 0.3 is 17.7 Å². The van der Waals surface area contributed by atoms with Gasteiger partial charge in [0.05, 0.1) is 16.4 Å². The lowest BCUT2D eigenvalue weighted by Crippen LogP contribution is -2.52. The highest BCUT2D eigenvalue weighted by atomic mass is 16.4. The van der Waals surface area contributed by atoms with Crippen molar-refractivity contribution in [3.63, 3.8) is 0 Å². The number of aromatic nitrogens is 5. The van der Waals surface area contributed by atoms with Crippen molar-refractivity contribution in [3.8, 4) is 0 Å². The van der Waals surface area contributed by atoms with Crippen LogP contribution < -0.4 is 16.6 Å². The van der Waals surface area contributed by atoms with Crippen LogP contribution in [0.3, 0.4) is 0 Å². The lowest BCUT2D eigenvalue weighted by atomic mass is 10.0. The number of aromatic amines is 2. The summed E-state index contributed by atoms with van der Waals surface area (Å²) < 4.78 is 1.22. The average molecular weight is 492 g/mol. The quantitative estimate of drug-likeness (QED) is 0.327. The molecule has 4 N–H and O–H groups in total. The molecular weight excluding hydrogens is 466 g/mol. The molecule has 12 heteroatoms. The molecule has 2 amide bonds. The van der Waals surface area contributed by atoms with Crippen molar-refractivity contribution in [2.24, 2.45) is 0 Å². The Morgan fingerprint density at radius 1 is 1.19 bits per heavy atom. The van der Waals surface area contributed by atoms with E-state index in [1.807, 2.05) is 13.0 Å². The molecule has 36 heavy (non-hydrogen) atoms. The van der Waals surface area contributed by atoms with E-state index in [9.17, 15) is 24.3 Å². The molecule has 5 rings (SSSR count). The number of para-hydroxylation sites is 1. The number of hydrogen-bond acceptors (Lipinski definition) is 6. The van der Waals surface area contributed by atoms with E-state index in [0.29, 0.717) is 29.3 Å². The minimum absolute atomic E-state index is 0.0863. The Kier molecular flexibility index (Phi) is 6.00. The maximum Gasteiger partial charge on any atom is 0.329 e. The van der Waals surface area contributed by atoms with E-state index in [0.717, 1.165) is 16.6 Å². The van der Waals surface area contributed by atoms with E-state index < -0.39 is 23.7 Å². The van der Waals surface area contributed by atoms with Crippen LogP contribution in [0.1, 0.15) is 30.0 Å². The Balaban J connectivity index is 1.26. The first-order chi connectivity index (χ1) is 17.3. The van der Waals surface area contributed by atoms with Crippen molar-refractivity contribution in [2.45, 2.75) is 38.3 Å². The van der Waals surface area contributed by atoms with Gasteiger partial charge in [-0.05, 0) is 49.1 Å². The second-order valence-electron chi connectivity index (χ2n) is 9.03. The van der Waals surface area contributed by atoms with Crippen LogP contribution in [0.2, 0.25) is 0 Å². The molecule has 1 atom stereocenters. The summed E-state index contributed by atoms with van der Waals surface area (Å²) in [7, 11) is 0. The van der Waals surface area contributed by atoms with Crippen LogP contribution in [-0.4, -0.2) is 66.1 Å². The number of carbonyl (C=O) groups excluding carboxylic acids is 1. The molecule has 3 heterocycles. The number of carboxylic acids is 1. The summed E-state index contributed by atoms with van der Waals surface area (Å²) in [5, 5.41) is 23.3. The van der Waals surface area contributed by atoms with Crippen molar-refractivity contribution < 1.29 is 14.7 Å². The van der Waals surface area contributed by atoms with Crippen molar-refractivity contribution in [3.05, 3.63) is 68.4 Å². The van der Waals surface area contributed by atoms with Gasteiger partial charge in [-0.15, -0.1) is 5.10 Å². The fourth-order valence-electron chi connectivity index (χ4n) is 4.82. The van der Waals surface area contributed by atoms with E-state index in [1.54, 1.807) is 30.3 Å². The van der Waals surface area contributed by atoms with Crippen LogP contribution in [0.4, 0.5) is 4.79 Å². The number of likely N-dealkylation sites (tertiary alicyclic amines) is 1. The molecule has 2 aromatic heterocycles. The minimum atomic E-state index is -1.15. The lowest BCUT2D eigenvalue weighted by molar-refractivity contribution is -0.139. The number of rotatable bonds is 5. The molecule has 0 spiro atoms. The standard InChI is InChI=1S/C24H25N7O5/c1-13-10-14(11-18-20(13)28-29-27-18)12-19(22(33)34)26-23(35)30-8-6-15(7-9-30)31-21(32)16-4-2-3-5-17(16)25-24(31)36/h2-5,10-11,15,19H,6-9,12H2,1H3,(H,25,36)(H,26,35)(H,33,34)(H,27,28,29). The number of H-pyrrole nitrogens is 2. The number of piperidine rings is 1. The van der Waals surface area contributed by atoms with Gasteiger partial charge in [-0.2, -0.15) is 0 Å². The van der Waals surface area contributed by atoms with Crippen LogP contribution in [0, 0.1) is 6.92 Å². The van der Waals surface area contributed by atoms with Crippen LogP contribution in [0.5, 0.6) is 0 Å². The van der Waals surface area contributed by atoms with Crippen molar-refractivity contribution in [2.75, 3.05) is 13.1 Å². The molecule has 0 aliphatic carbocycles. The number of nitrogens with zero attached hydrogens (tertiary/aromatic N) is 4. The first-order valence-electron chi connectivity index (χ1n) is 11.6. The molecule has 1 saturated heterocycles. The molecule has 1 aliphatic rings. The maximum atomic E-state index is 12.9. The Labute approximate surface area is 203 Å². The number of aliphatic carboxylic acids is 1. The Bertz CT molecular complexity index is 1580. The van der Waals surface area contributed by atoms with E-state index in [2.05, 4.69) is 25.7 Å². The summed E-state index contributed by atoms with van der Waals surface area (Å²) in [5.41, 5.74) is 2.65. The second kappa shape index (κ2) is 9.29. The van der Waals surface area contributed by atoms with Crippen molar-refractivity contribution >= 4 is 33.9 Å². The molecule has 1 fully saturated rings. The van der Waals surface area contributed by atoms with Gasteiger partial charge in [0, 0.05) is 25.6 Å². The third-order valence-corrected chi connectivity index (χ3v) is 6.68. The van der Waals surface area contributed by atoms with E-state index in [1.165, 1.54) is 9.47 Å². The van der Waals surface area contributed by atoms with Crippen LogP contribution >= 0.6 is 0 Å². The number of hydrogen-bond donors (Lipinski definition) is 4. The van der Waals surface area contributed by atoms with Gasteiger partial charge in [0.15, 0.2) is 0 Å². The zero-order valence-electron chi connectivity index (χ0n) is 19.5. The van der Waals surface area contributed by atoms with Gasteiger partial charge in [-0.1, -0.05) is 23.4 Å². The number of fused-ring (bicyclic) bond motifs is 2. The molecule has 4 aromatic rings. The highest BCUT2D eigenvalue weighted by molar-refractivity contribution is 5.83. The Hall–Kier alpha value is -4.48. The summed E-state index contributed by atoms with van der Waals surface area (Å²) in [5.74, 6) is -1.15. The molecule has 2 aromatic carbocycles. The predicted molar refractivity (Wildman–Crippen MR) is 131 cm³/mol. The molecule has 0 saturated carbocycles. The molecule has 12 nitrogen and oxygen atoms in total. The number of aryl methyl sites for hydroxylation is 1. The molecule has 186 valence electrons. The van der Waals surface area contributed by atoms with Gasteiger partial charge in [0.25, 0.3) is 5.56 Å². The highest BCUT2D eigenvalue weighted by Gasteiger charge is 2.29. The first kappa shape index (κ1) is 23.3. The smallest absolute Gasteiger partial charge is 0.329 e. The molecule has 1 unspecified atom stereocenters. The van der Waals surface area contributed by atoms with E-state index in [4.69, 9.17) is 0 Å². The number of urea groups is 1. The monoisotopic (exact) mass is 491 g/mol. The SMILES string of the molecule is Cc1cc(CC(NC(=O)N2CCC(n3c(=O)[nH]c4ccccc4c3=O)CC2)C(=O)O)cc2nn[nH]c12. The summed E-state index contributed by atoms with van der Waals surface area (Å²) >= 11 is 0. The number of nitrogens with one attached hydrogen (secondary N) is 3. The Morgan fingerprint density at radius 2 is 1.94 bits per heavy atom. The topological polar surface area (TPSA) is 166 Å². The second-order valence-corrected chi connectivity index (χ2v) is 9.03. The predicted octanol–water partition coefficient (Wildman–Crippen LogP) is 1.31. The van der Waals surface area contributed by atoms with Crippen LogP contribution in [-0.2, 0) is 11.2 Å². The van der Waals surface area contributed by atoms with Crippen molar-refractivity contribution in [1.82, 2.24) is 35.2 Å². The number of benzene rings is 2. The zero-order valence-corrected chi connectivity index (χ0v) is 19.5. The molecular formula is C24H25N7O5. The molecule has 0 radical (unpaired) electrons. The number of amides is 2. The Morgan fingerprint density at radius 3 is 2.69 bits per heavy atom. The third kappa shape index (κ3) is 4.32.